The van der Waals surface area contributed by atoms with Gasteiger partial charge in [0.05, 0.1) is 0 Å². The molecule has 1 aliphatic rings. The van der Waals surface area contributed by atoms with Crippen LogP contribution in [0.15, 0.2) is 18.5 Å². The van der Waals surface area contributed by atoms with Gasteiger partial charge in [-0.1, -0.05) is 12.8 Å². The third-order valence-corrected chi connectivity index (χ3v) is 4.09. The van der Waals surface area contributed by atoms with Gasteiger partial charge in [0.2, 0.25) is 0 Å². The average molecular weight is 307 g/mol. The summed E-state index contributed by atoms with van der Waals surface area (Å²) in [5, 5.41) is 6.59. The van der Waals surface area contributed by atoms with Crippen LogP contribution in [0.25, 0.3) is 0 Å². The van der Waals surface area contributed by atoms with E-state index in [-0.39, 0.29) is 11.6 Å². The first-order valence-electron chi connectivity index (χ1n) is 8.11. The molecule has 0 bridgehead atoms. The van der Waals surface area contributed by atoms with Crippen molar-refractivity contribution < 1.29 is 9.53 Å². The van der Waals surface area contributed by atoms with Crippen molar-refractivity contribution in [3.8, 4) is 0 Å². The van der Waals surface area contributed by atoms with Crippen LogP contribution in [-0.4, -0.2) is 28.3 Å². The molecule has 1 aromatic rings. The molecule has 0 atom stereocenters. The van der Waals surface area contributed by atoms with E-state index in [0.717, 1.165) is 19.4 Å². The molecule has 0 unspecified atom stereocenters. The number of hydrogen-bond acceptors (Lipinski definition) is 3. The maximum absolute atomic E-state index is 11.9. The molecule has 2 N–H and O–H groups in total. The third kappa shape index (κ3) is 5.05. The van der Waals surface area contributed by atoms with Crippen molar-refractivity contribution in [2.75, 3.05) is 6.54 Å². The van der Waals surface area contributed by atoms with E-state index in [1.165, 1.54) is 18.4 Å². The topological polar surface area (TPSA) is 55.3 Å². The van der Waals surface area contributed by atoms with E-state index in [9.17, 15) is 4.79 Å². The monoisotopic (exact) mass is 307 g/mol. The van der Waals surface area contributed by atoms with E-state index in [2.05, 4.69) is 33.7 Å². The number of nitrogens with zero attached hydrogens (tertiary/aromatic N) is 1. The molecule has 1 aromatic heterocycles. The zero-order chi connectivity index (χ0) is 16.2. The molecule has 1 heterocycles. The SMILES string of the molecule is Cn1ccc(CNC2(CNC(=O)OC(C)(C)C)CCCC2)c1. The van der Waals surface area contributed by atoms with E-state index in [1.807, 2.05) is 27.8 Å². The summed E-state index contributed by atoms with van der Waals surface area (Å²) in [4.78, 5) is 11.9. The molecule has 0 spiro atoms. The standard InChI is InChI=1S/C17H29N3O2/c1-16(2,3)22-15(21)18-13-17(8-5-6-9-17)19-11-14-7-10-20(4)12-14/h7,10,12,19H,5-6,8-9,11,13H2,1-4H3,(H,18,21). The van der Waals surface area contributed by atoms with E-state index in [4.69, 9.17) is 4.74 Å². The molecule has 1 saturated carbocycles. The van der Waals surface area contributed by atoms with Gasteiger partial charge in [0.15, 0.2) is 0 Å². The fourth-order valence-corrected chi connectivity index (χ4v) is 2.98. The third-order valence-electron chi connectivity index (χ3n) is 4.09. The molecule has 1 amide bonds. The molecule has 1 fully saturated rings. The molecule has 0 aliphatic heterocycles. The number of amides is 1. The molecular formula is C17H29N3O2. The van der Waals surface area contributed by atoms with Crippen LogP contribution in [0.2, 0.25) is 0 Å². The lowest BCUT2D eigenvalue weighted by molar-refractivity contribution is 0.0509. The molecular weight excluding hydrogens is 278 g/mol. The first-order chi connectivity index (χ1) is 10.3. The summed E-state index contributed by atoms with van der Waals surface area (Å²) in [6, 6.07) is 2.12. The van der Waals surface area contributed by atoms with Crippen molar-refractivity contribution in [3.05, 3.63) is 24.0 Å². The minimum atomic E-state index is -0.454. The Bertz CT molecular complexity index is 496. The highest BCUT2D eigenvalue weighted by molar-refractivity contribution is 5.67. The molecule has 22 heavy (non-hydrogen) atoms. The van der Waals surface area contributed by atoms with Gasteiger partial charge in [0, 0.05) is 38.1 Å². The number of alkyl carbamates (subject to hydrolysis) is 1. The Kier molecular flexibility index (Phi) is 5.16. The fourth-order valence-electron chi connectivity index (χ4n) is 2.98. The van der Waals surface area contributed by atoms with E-state index < -0.39 is 5.60 Å². The van der Waals surface area contributed by atoms with E-state index in [0.29, 0.717) is 6.54 Å². The van der Waals surface area contributed by atoms with Gasteiger partial charge in [0.25, 0.3) is 0 Å². The highest BCUT2D eigenvalue weighted by atomic mass is 16.6. The lowest BCUT2D eigenvalue weighted by Crippen LogP contribution is -2.51. The second kappa shape index (κ2) is 6.73. The quantitative estimate of drug-likeness (QED) is 0.879. The molecule has 5 nitrogen and oxygen atoms in total. The lowest BCUT2D eigenvalue weighted by Gasteiger charge is -2.31. The predicted octanol–water partition coefficient (Wildman–Crippen LogP) is 2.95. The predicted molar refractivity (Wildman–Crippen MR) is 87.7 cm³/mol. The van der Waals surface area contributed by atoms with Crippen molar-refractivity contribution in [3.63, 3.8) is 0 Å². The van der Waals surface area contributed by atoms with Crippen molar-refractivity contribution in [1.82, 2.24) is 15.2 Å². The summed E-state index contributed by atoms with van der Waals surface area (Å²) in [6.07, 6.45) is 8.44. The van der Waals surface area contributed by atoms with Crippen LogP contribution < -0.4 is 10.6 Å². The van der Waals surface area contributed by atoms with Gasteiger partial charge in [-0.3, -0.25) is 0 Å². The Hall–Kier alpha value is -1.49. The van der Waals surface area contributed by atoms with Gasteiger partial charge in [0.1, 0.15) is 5.60 Å². The van der Waals surface area contributed by atoms with Crippen LogP contribution >= 0.6 is 0 Å². The Morgan fingerprint density at radius 1 is 1.36 bits per heavy atom. The smallest absolute Gasteiger partial charge is 0.407 e. The molecule has 0 saturated heterocycles. The molecule has 5 heteroatoms. The lowest BCUT2D eigenvalue weighted by atomic mass is 9.97. The van der Waals surface area contributed by atoms with Gasteiger partial charge in [-0.2, -0.15) is 0 Å². The van der Waals surface area contributed by atoms with Gasteiger partial charge < -0.3 is 19.9 Å². The summed E-state index contributed by atoms with van der Waals surface area (Å²) in [6.45, 7) is 7.09. The number of aromatic nitrogens is 1. The molecule has 0 aromatic carbocycles. The summed E-state index contributed by atoms with van der Waals surface area (Å²) >= 11 is 0. The van der Waals surface area contributed by atoms with E-state index in [1.54, 1.807) is 0 Å². The summed E-state index contributed by atoms with van der Waals surface area (Å²) in [5.74, 6) is 0. The molecule has 124 valence electrons. The molecule has 2 rings (SSSR count). The van der Waals surface area contributed by atoms with Crippen LogP contribution in [-0.2, 0) is 18.3 Å². The van der Waals surface area contributed by atoms with Gasteiger partial charge in [-0.15, -0.1) is 0 Å². The summed E-state index contributed by atoms with van der Waals surface area (Å²) in [5.41, 5.74) is 0.808. The van der Waals surface area contributed by atoms with Crippen LogP contribution in [0.4, 0.5) is 4.79 Å². The average Bonchev–Trinajstić information content (AvgIpc) is 3.02. The van der Waals surface area contributed by atoms with Crippen LogP contribution in [0.3, 0.4) is 0 Å². The Labute approximate surface area is 133 Å². The number of nitrogens with one attached hydrogen (secondary N) is 2. The normalized spacial score (nSPS) is 17.5. The van der Waals surface area contributed by atoms with E-state index >= 15 is 0 Å². The highest BCUT2D eigenvalue weighted by Crippen LogP contribution is 2.29. The number of carbonyl (C=O) groups excluding carboxylic acids is 1. The van der Waals surface area contributed by atoms with Crippen LogP contribution in [0.1, 0.15) is 52.0 Å². The maximum atomic E-state index is 11.9. The van der Waals surface area contributed by atoms with Crippen LogP contribution in [0, 0.1) is 0 Å². The number of hydrogen-bond donors (Lipinski definition) is 2. The zero-order valence-corrected chi connectivity index (χ0v) is 14.2. The summed E-state index contributed by atoms with van der Waals surface area (Å²) in [7, 11) is 2.03. The fraction of sp³-hybridized carbons (Fsp3) is 0.706. The number of ether oxygens (including phenoxy) is 1. The van der Waals surface area contributed by atoms with Gasteiger partial charge in [-0.05, 0) is 45.2 Å². The molecule has 1 aliphatic carbocycles. The van der Waals surface area contributed by atoms with Crippen molar-refractivity contribution >= 4 is 6.09 Å². The number of carbonyl (C=O) groups is 1. The maximum Gasteiger partial charge on any atom is 0.407 e. The summed E-state index contributed by atoms with van der Waals surface area (Å²) < 4.78 is 7.38. The Balaban J connectivity index is 1.87. The van der Waals surface area contributed by atoms with Crippen molar-refractivity contribution in [1.29, 1.82) is 0 Å². The highest BCUT2D eigenvalue weighted by Gasteiger charge is 2.34. The second-order valence-corrected chi connectivity index (χ2v) is 7.38. The minimum Gasteiger partial charge on any atom is -0.444 e. The van der Waals surface area contributed by atoms with Gasteiger partial charge >= 0.3 is 6.09 Å². The first kappa shape index (κ1) is 16.9. The molecule has 0 radical (unpaired) electrons. The Morgan fingerprint density at radius 3 is 2.59 bits per heavy atom. The Morgan fingerprint density at radius 2 is 2.05 bits per heavy atom. The van der Waals surface area contributed by atoms with Crippen LogP contribution in [0.5, 0.6) is 0 Å². The van der Waals surface area contributed by atoms with Crippen molar-refractivity contribution in [2.45, 2.75) is 64.1 Å². The number of rotatable bonds is 5. The van der Waals surface area contributed by atoms with Gasteiger partial charge in [-0.25, -0.2) is 4.79 Å². The second-order valence-electron chi connectivity index (χ2n) is 7.38. The zero-order valence-electron chi connectivity index (χ0n) is 14.2. The largest absolute Gasteiger partial charge is 0.444 e. The number of aryl methyl sites for hydroxylation is 1. The van der Waals surface area contributed by atoms with Crippen molar-refractivity contribution in [2.24, 2.45) is 7.05 Å². The minimum absolute atomic E-state index is 0.00720. The first-order valence-corrected chi connectivity index (χ1v) is 8.11.